The Hall–Kier alpha value is -1.10. The first-order chi connectivity index (χ1) is 7.02. The molecule has 5 nitrogen and oxygen atoms in total. The molecular weight excluding hydrogens is 198 g/mol. The van der Waals surface area contributed by atoms with Gasteiger partial charge in [-0.1, -0.05) is 19.3 Å². The molecule has 0 aromatic rings. The summed E-state index contributed by atoms with van der Waals surface area (Å²) in [6.45, 7) is 0. The number of nitrogens with two attached hydrogens (primary N) is 1. The zero-order valence-corrected chi connectivity index (χ0v) is 8.82. The molecule has 0 radical (unpaired) electrons. The molecule has 0 aromatic heterocycles. The van der Waals surface area contributed by atoms with Gasteiger partial charge in [0, 0.05) is 12.5 Å². The molecule has 0 amide bonds. The van der Waals surface area contributed by atoms with Gasteiger partial charge in [-0.15, -0.1) is 0 Å². The highest BCUT2D eigenvalue weighted by molar-refractivity contribution is 5.67. The summed E-state index contributed by atoms with van der Waals surface area (Å²) in [5, 5.41) is 16.8. The largest absolute Gasteiger partial charge is 0.481 e. The molecule has 88 valence electrons. The van der Waals surface area contributed by atoms with E-state index in [0.717, 1.165) is 19.3 Å². The summed E-state index contributed by atoms with van der Waals surface area (Å²) in [5.74, 6) is -1.63. The van der Waals surface area contributed by atoms with Crippen LogP contribution in [0.25, 0.3) is 0 Å². The highest BCUT2D eigenvalue weighted by Crippen LogP contribution is 2.08. The average molecular weight is 217 g/mol. The molecule has 0 rings (SSSR count). The van der Waals surface area contributed by atoms with Gasteiger partial charge >= 0.3 is 11.9 Å². The van der Waals surface area contributed by atoms with Crippen LogP contribution in [-0.2, 0) is 9.59 Å². The summed E-state index contributed by atoms with van der Waals surface area (Å²) in [5.41, 5.74) is 5.56. The van der Waals surface area contributed by atoms with E-state index in [9.17, 15) is 9.59 Å². The van der Waals surface area contributed by atoms with E-state index in [-0.39, 0.29) is 18.9 Å². The third-order valence-corrected chi connectivity index (χ3v) is 2.15. The number of carboxylic acids is 2. The first kappa shape index (κ1) is 13.9. The van der Waals surface area contributed by atoms with Crippen molar-refractivity contribution in [2.75, 3.05) is 0 Å². The number of aliphatic carboxylic acids is 2. The van der Waals surface area contributed by atoms with Crippen molar-refractivity contribution < 1.29 is 19.8 Å². The number of carbonyl (C=O) groups is 2. The number of hydrogen-bond acceptors (Lipinski definition) is 3. The van der Waals surface area contributed by atoms with Crippen molar-refractivity contribution in [3.63, 3.8) is 0 Å². The quantitative estimate of drug-likeness (QED) is 0.504. The van der Waals surface area contributed by atoms with Crippen molar-refractivity contribution in [3.05, 3.63) is 0 Å². The van der Waals surface area contributed by atoms with Gasteiger partial charge in [-0.2, -0.15) is 0 Å². The molecule has 0 fully saturated rings. The molecule has 4 N–H and O–H groups in total. The molecule has 0 aromatic carbocycles. The maximum Gasteiger partial charge on any atom is 0.304 e. The van der Waals surface area contributed by atoms with E-state index in [4.69, 9.17) is 15.9 Å². The third kappa shape index (κ3) is 10.8. The van der Waals surface area contributed by atoms with Crippen LogP contribution >= 0.6 is 0 Å². The van der Waals surface area contributed by atoms with E-state index in [1.54, 1.807) is 0 Å². The van der Waals surface area contributed by atoms with E-state index in [1.807, 2.05) is 0 Å². The predicted octanol–water partition coefficient (Wildman–Crippen LogP) is 1.21. The van der Waals surface area contributed by atoms with Crippen LogP contribution < -0.4 is 5.73 Å². The molecule has 0 saturated heterocycles. The number of unbranched alkanes of at least 4 members (excludes halogenated alkanes) is 3. The lowest BCUT2D eigenvalue weighted by atomic mass is 10.0. The second-order valence-corrected chi connectivity index (χ2v) is 3.70. The molecule has 0 aliphatic rings. The Kier molecular flexibility index (Phi) is 7.62. The zero-order chi connectivity index (χ0) is 11.7. The Labute approximate surface area is 89.3 Å². The molecular formula is C10H19NO4. The van der Waals surface area contributed by atoms with Crippen LogP contribution in [0.3, 0.4) is 0 Å². The lowest BCUT2D eigenvalue weighted by Gasteiger charge is -2.07. The first-order valence-corrected chi connectivity index (χ1v) is 5.21. The fourth-order valence-corrected chi connectivity index (χ4v) is 1.36. The van der Waals surface area contributed by atoms with E-state index in [2.05, 4.69) is 0 Å². The fraction of sp³-hybridized carbons (Fsp3) is 0.800. The topological polar surface area (TPSA) is 101 Å². The monoisotopic (exact) mass is 217 g/mol. The van der Waals surface area contributed by atoms with Crippen molar-refractivity contribution in [3.8, 4) is 0 Å². The van der Waals surface area contributed by atoms with E-state index >= 15 is 0 Å². The molecule has 15 heavy (non-hydrogen) atoms. The van der Waals surface area contributed by atoms with Crippen LogP contribution in [0.1, 0.15) is 44.9 Å². The molecule has 0 aliphatic carbocycles. The number of rotatable bonds is 9. The molecule has 0 saturated carbocycles. The lowest BCUT2D eigenvalue weighted by Crippen LogP contribution is -2.23. The molecule has 5 heteroatoms. The van der Waals surface area contributed by atoms with Crippen molar-refractivity contribution in [2.24, 2.45) is 5.73 Å². The number of carboxylic acid groups (broad SMARTS) is 2. The van der Waals surface area contributed by atoms with E-state index in [0.29, 0.717) is 12.8 Å². The molecule has 0 aliphatic heterocycles. The van der Waals surface area contributed by atoms with Crippen LogP contribution in [-0.4, -0.2) is 28.2 Å². The summed E-state index contributed by atoms with van der Waals surface area (Å²) in [6.07, 6.45) is 4.25. The number of hydrogen-bond donors (Lipinski definition) is 3. The van der Waals surface area contributed by atoms with E-state index in [1.165, 1.54) is 0 Å². The minimum Gasteiger partial charge on any atom is -0.481 e. The van der Waals surface area contributed by atoms with Gasteiger partial charge in [0.25, 0.3) is 0 Å². The first-order valence-electron chi connectivity index (χ1n) is 5.21. The van der Waals surface area contributed by atoms with Crippen LogP contribution in [0.2, 0.25) is 0 Å². The Morgan fingerprint density at radius 1 is 1.00 bits per heavy atom. The summed E-state index contributed by atoms with van der Waals surface area (Å²) in [7, 11) is 0. The van der Waals surface area contributed by atoms with Crippen LogP contribution in [0.4, 0.5) is 0 Å². The zero-order valence-electron chi connectivity index (χ0n) is 8.82. The molecule has 0 bridgehead atoms. The van der Waals surface area contributed by atoms with Gasteiger partial charge in [0.15, 0.2) is 0 Å². The summed E-state index contributed by atoms with van der Waals surface area (Å²) in [4.78, 5) is 20.5. The SMILES string of the molecule is NC(CCCCCCC(=O)O)CC(=O)O. The minimum atomic E-state index is -0.867. The van der Waals surface area contributed by atoms with E-state index < -0.39 is 11.9 Å². The van der Waals surface area contributed by atoms with Gasteiger partial charge in [-0.3, -0.25) is 9.59 Å². The third-order valence-electron chi connectivity index (χ3n) is 2.15. The van der Waals surface area contributed by atoms with Crippen molar-refractivity contribution in [2.45, 2.75) is 51.0 Å². The van der Waals surface area contributed by atoms with Crippen molar-refractivity contribution >= 4 is 11.9 Å². The second-order valence-electron chi connectivity index (χ2n) is 3.70. The predicted molar refractivity (Wildman–Crippen MR) is 55.6 cm³/mol. The normalized spacial score (nSPS) is 12.3. The lowest BCUT2D eigenvalue weighted by molar-refractivity contribution is -0.138. The smallest absolute Gasteiger partial charge is 0.304 e. The van der Waals surface area contributed by atoms with Gasteiger partial charge < -0.3 is 15.9 Å². The standard InChI is InChI=1S/C10H19NO4/c11-8(7-10(14)15)5-3-1-2-4-6-9(12)13/h8H,1-7,11H2,(H,12,13)(H,14,15). The minimum absolute atomic E-state index is 0.00905. The summed E-state index contributed by atoms with van der Waals surface area (Å²) >= 11 is 0. The maximum absolute atomic E-state index is 10.3. The Morgan fingerprint density at radius 2 is 1.60 bits per heavy atom. The van der Waals surface area contributed by atoms with Crippen LogP contribution in [0.5, 0.6) is 0 Å². The van der Waals surface area contributed by atoms with Gasteiger partial charge in [0.1, 0.15) is 0 Å². The molecule has 0 heterocycles. The Bertz CT molecular complexity index is 206. The van der Waals surface area contributed by atoms with Gasteiger partial charge in [-0.25, -0.2) is 0 Å². The summed E-state index contributed by atoms with van der Waals surface area (Å²) < 4.78 is 0. The molecule has 1 atom stereocenters. The maximum atomic E-state index is 10.3. The van der Waals surface area contributed by atoms with Crippen molar-refractivity contribution in [1.82, 2.24) is 0 Å². The molecule has 1 unspecified atom stereocenters. The van der Waals surface area contributed by atoms with Crippen molar-refractivity contribution in [1.29, 1.82) is 0 Å². The highest BCUT2D eigenvalue weighted by Gasteiger charge is 2.07. The highest BCUT2D eigenvalue weighted by atomic mass is 16.4. The second kappa shape index (κ2) is 8.23. The van der Waals surface area contributed by atoms with Crippen LogP contribution in [0, 0.1) is 0 Å². The Balaban J connectivity index is 3.23. The summed E-state index contributed by atoms with van der Waals surface area (Å²) in [6, 6.07) is -0.276. The fourth-order valence-electron chi connectivity index (χ4n) is 1.36. The van der Waals surface area contributed by atoms with Gasteiger partial charge in [0.05, 0.1) is 6.42 Å². The Morgan fingerprint density at radius 3 is 2.13 bits per heavy atom. The van der Waals surface area contributed by atoms with Crippen LogP contribution in [0.15, 0.2) is 0 Å². The average Bonchev–Trinajstić information content (AvgIpc) is 2.09. The molecule has 0 spiro atoms. The van der Waals surface area contributed by atoms with Gasteiger partial charge in [0.2, 0.25) is 0 Å². The van der Waals surface area contributed by atoms with Gasteiger partial charge in [-0.05, 0) is 12.8 Å².